The average Bonchev–Trinajstić information content (AvgIpc) is 2.75. The Morgan fingerprint density at radius 2 is 1.72 bits per heavy atom. The highest BCUT2D eigenvalue weighted by molar-refractivity contribution is 6.00. The third-order valence-corrected chi connectivity index (χ3v) is 4.04. The number of carbonyl (C=O) groups is 3. The first-order chi connectivity index (χ1) is 14.0. The normalized spacial score (nSPS) is 10.0. The zero-order valence-corrected chi connectivity index (χ0v) is 15.3. The maximum atomic E-state index is 12.2. The van der Waals surface area contributed by atoms with E-state index < -0.39 is 24.4 Å². The van der Waals surface area contributed by atoms with E-state index in [0.29, 0.717) is 16.8 Å². The maximum Gasteiger partial charge on any atom is 0.325 e. The molecule has 0 aromatic heterocycles. The first-order valence-electron chi connectivity index (χ1n) is 8.78. The summed E-state index contributed by atoms with van der Waals surface area (Å²) in [5, 5.41) is 15.8. The summed E-state index contributed by atoms with van der Waals surface area (Å²) in [4.78, 5) is 35.8. The molecule has 0 aliphatic carbocycles. The highest BCUT2D eigenvalue weighted by atomic mass is 16.5. The molecule has 3 aromatic rings. The topological polar surface area (TPSA) is 108 Å². The largest absolute Gasteiger partial charge is 0.454 e. The van der Waals surface area contributed by atoms with Crippen molar-refractivity contribution in [3.05, 3.63) is 77.9 Å². The lowest BCUT2D eigenvalue weighted by Crippen LogP contribution is -2.32. The van der Waals surface area contributed by atoms with Crippen LogP contribution in [0.5, 0.6) is 0 Å². The van der Waals surface area contributed by atoms with Crippen LogP contribution < -0.4 is 10.6 Å². The Kier molecular flexibility index (Phi) is 6.18. The van der Waals surface area contributed by atoms with Crippen molar-refractivity contribution in [3.63, 3.8) is 0 Å². The van der Waals surface area contributed by atoms with Gasteiger partial charge in [0.25, 0.3) is 11.8 Å². The number of nitrogens with one attached hydrogen (secondary N) is 2. The summed E-state index contributed by atoms with van der Waals surface area (Å²) in [6, 6.07) is 21.2. The van der Waals surface area contributed by atoms with Crippen molar-refractivity contribution in [3.8, 4) is 6.07 Å². The van der Waals surface area contributed by atoms with Gasteiger partial charge in [-0.15, -0.1) is 0 Å². The van der Waals surface area contributed by atoms with Gasteiger partial charge in [0, 0.05) is 11.3 Å². The van der Waals surface area contributed by atoms with Gasteiger partial charge in [-0.05, 0) is 41.1 Å². The first-order valence-corrected chi connectivity index (χ1v) is 8.78. The Balaban J connectivity index is 1.45. The van der Waals surface area contributed by atoms with Gasteiger partial charge in [-0.2, -0.15) is 5.26 Å². The lowest BCUT2D eigenvalue weighted by atomic mass is 10.1. The Morgan fingerprint density at radius 1 is 0.931 bits per heavy atom. The average molecular weight is 387 g/mol. The van der Waals surface area contributed by atoms with Gasteiger partial charge in [0.15, 0.2) is 6.61 Å². The van der Waals surface area contributed by atoms with Gasteiger partial charge in [0.1, 0.15) is 6.54 Å². The highest BCUT2D eigenvalue weighted by Crippen LogP contribution is 2.15. The van der Waals surface area contributed by atoms with Crippen LogP contribution in [-0.4, -0.2) is 30.9 Å². The van der Waals surface area contributed by atoms with Crippen LogP contribution in [0.2, 0.25) is 0 Å². The number of amides is 2. The SMILES string of the molecule is N#Cc1cccc(NC(=O)COC(=O)CNC(=O)c2ccc3ccccc3c2)c1. The van der Waals surface area contributed by atoms with Crippen LogP contribution in [0.25, 0.3) is 10.8 Å². The van der Waals surface area contributed by atoms with E-state index in [0.717, 1.165) is 10.8 Å². The molecule has 0 fully saturated rings. The van der Waals surface area contributed by atoms with Crippen LogP contribution in [0.4, 0.5) is 5.69 Å². The fourth-order valence-corrected chi connectivity index (χ4v) is 2.65. The molecule has 0 spiro atoms. The molecule has 144 valence electrons. The number of rotatable bonds is 6. The second-order valence-corrected chi connectivity index (χ2v) is 6.15. The minimum Gasteiger partial charge on any atom is -0.454 e. The van der Waals surface area contributed by atoms with Gasteiger partial charge < -0.3 is 15.4 Å². The van der Waals surface area contributed by atoms with Gasteiger partial charge in [0.05, 0.1) is 11.6 Å². The molecule has 0 unspecified atom stereocenters. The van der Waals surface area contributed by atoms with Gasteiger partial charge >= 0.3 is 5.97 Å². The molecule has 0 heterocycles. The molecule has 2 amide bonds. The standard InChI is InChI=1S/C22H17N3O4/c23-12-15-4-3-7-19(10-15)25-20(26)14-29-21(27)13-24-22(28)18-9-8-16-5-1-2-6-17(16)11-18/h1-11H,13-14H2,(H,24,28)(H,25,26). The van der Waals surface area contributed by atoms with Crippen LogP contribution in [0.15, 0.2) is 66.7 Å². The van der Waals surface area contributed by atoms with E-state index in [4.69, 9.17) is 10.00 Å². The Bertz CT molecular complexity index is 1120. The van der Waals surface area contributed by atoms with Gasteiger partial charge in [-0.3, -0.25) is 14.4 Å². The molecule has 29 heavy (non-hydrogen) atoms. The molecule has 0 aliphatic rings. The molecule has 7 nitrogen and oxygen atoms in total. The van der Waals surface area contributed by atoms with Gasteiger partial charge in [-0.1, -0.05) is 36.4 Å². The molecular weight excluding hydrogens is 370 g/mol. The van der Waals surface area contributed by atoms with Crippen LogP contribution in [-0.2, 0) is 14.3 Å². The smallest absolute Gasteiger partial charge is 0.325 e. The molecular formula is C22H17N3O4. The van der Waals surface area contributed by atoms with E-state index in [1.54, 1.807) is 30.3 Å². The summed E-state index contributed by atoms with van der Waals surface area (Å²) in [6.07, 6.45) is 0. The van der Waals surface area contributed by atoms with Gasteiger partial charge in [0.2, 0.25) is 0 Å². The number of hydrogen-bond acceptors (Lipinski definition) is 5. The van der Waals surface area contributed by atoms with E-state index >= 15 is 0 Å². The Labute approximate surface area is 166 Å². The predicted octanol–water partition coefficient (Wildman–Crippen LogP) is 2.62. The quantitative estimate of drug-likeness (QED) is 0.632. The minimum absolute atomic E-state index is 0.358. The number of nitrogens with zero attached hydrogens (tertiary/aromatic N) is 1. The fourth-order valence-electron chi connectivity index (χ4n) is 2.65. The van der Waals surface area contributed by atoms with Crippen molar-refractivity contribution in [1.82, 2.24) is 5.32 Å². The van der Waals surface area contributed by atoms with E-state index in [2.05, 4.69) is 10.6 Å². The number of ether oxygens (including phenoxy) is 1. The summed E-state index contributed by atoms with van der Waals surface area (Å²) in [5.41, 5.74) is 1.25. The monoisotopic (exact) mass is 387 g/mol. The molecule has 0 aliphatic heterocycles. The van der Waals surface area contributed by atoms with Crippen molar-refractivity contribution in [2.75, 3.05) is 18.5 Å². The fraction of sp³-hybridized carbons (Fsp3) is 0.0909. The third-order valence-electron chi connectivity index (χ3n) is 4.04. The van der Waals surface area contributed by atoms with Crippen molar-refractivity contribution < 1.29 is 19.1 Å². The summed E-state index contributed by atoms with van der Waals surface area (Å²) in [6.45, 7) is -0.857. The summed E-state index contributed by atoms with van der Waals surface area (Å²) in [5.74, 6) is -1.69. The van der Waals surface area contributed by atoms with Crippen molar-refractivity contribution in [2.45, 2.75) is 0 Å². The summed E-state index contributed by atoms with van der Waals surface area (Å²) >= 11 is 0. The lowest BCUT2D eigenvalue weighted by Gasteiger charge is -2.08. The molecule has 2 N–H and O–H groups in total. The zero-order chi connectivity index (χ0) is 20.6. The van der Waals surface area contributed by atoms with E-state index in [1.165, 1.54) is 6.07 Å². The predicted molar refractivity (Wildman–Crippen MR) is 107 cm³/mol. The van der Waals surface area contributed by atoms with Gasteiger partial charge in [-0.25, -0.2) is 0 Å². The Morgan fingerprint density at radius 3 is 2.52 bits per heavy atom. The first kappa shape index (κ1) is 19.6. The molecule has 0 radical (unpaired) electrons. The van der Waals surface area contributed by atoms with Crippen molar-refractivity contribution in [2.24, 2.45) is 0 Å². The highest BCUT2D eigenvalue weighted by Gasteiger charge is 2.11. The van der Waals surface area contributed by atoms with Crippen molar-refractivity contribution >= 4 is 34.2 Å². The zero-order valence-electron chi connectivity index (χ0n) is 15.3. The third kappa shape index (κ3) is 5.40. The number of anilines is 1. The number of esters is 1. The number of benzene rings is 3. The number of carbonyl (C=O) groups excluding carboxylic acids is 3. The summed E-state index contributed by atoms with van der Waals surface area (Å²) in [7, 11) is 0. The molecule has 3 rings (SSSR count). The summed E-state index contributed by atoms with van der Waals surface area (Å²) < 4.78 is 4.86. The molecule has 7 heteroatoms. The molecule has 0 saturated heterocycles. The van der Waals surface area contributed by atoms with E-state index in [9.17, 15) is 14.4 Å². The lowest BCUT2D eigenvalue weighted by molar-refractivity contribution is -0.146. The maximum absolute atomic E-state index is 12.2. The second kappa shape index (κ2) is 9.15. The molecule has 3 aromatic carbocycles. The van der Waals surface area contributed by atoms with E-state index in [1.807, 2.05) is 36.4 Å². The number of fused-ring (bicyclic) bond motifs is 1. The van der Waals surface area contributed by atoms with Crippen LogP contribution in [0.1, 0.15) is 15.9 Å². The van der Waals surface area contributed by atoms with Crippen LogP contribution >= 0.6 is 0 Å². The molecule has 0 bridgehead atoms. The van der Waals surface area contributed by atoms with Crippen LogP contribution in [0.3, 0.4) is 0 Å². The van der Waals surface area contributed by atoms with E-state index in [-0.39, 0.29) is 6.54 Å². The van der Waals surface area contributed by atoms with Crippen molar-refractivity contribution in [1.29, 1.82) is 5.26 Å². The number of hydrogen-bond donors (Lipinski definition) is 2. The second-order valence-electron chi connectivity index (χ2n) is 6.15. The molecule has 0 saturated carbocycles. The minimum atomic E-state index is -0.736. The molecule has 0 atom stereocenters. The van der Waals surface area contributed by atoms with Crippen LogP contribution in [0, 0.1) is 11.3 Å². The Hall–Kier alpha value is -4.18. The number of nitriles is 1.